The average molecular weight is 153 g/mol. The Labute approximate surface area is 66.1 Å². The van der Waals surface area contributed by atoms with Gasteiger partial charge in [0.1, 0.15) is 0 Å². The first-order valence-corrected chi connectivity index (χ1v) is 3.66. The van der Waals surface area contributed by atoms with Crippen LogP contribution in [-0.4, -0.2) is 25.7 Å². The van der Waals surface area contributed by atoms with E-state index < -0.39 is 5.97 Å². The Morgan fingerprint density at radius 3 is 3.09 bits per heavy atom. The van der Waals surface area contributed by atoms with Crippen molar-refractivity contribution in [2.75, 3.05) is 13.7 Å². The number of ether oxygens (including phenoxy) is 1. The fourth-order valence-electron chi connectivity index (χ4n) is 1.00. The molecule has 0 amide bonds. The molecule has 0 aromatic heterocycles. The molecule has 1 unspecified atom stereocenters. The summed E-state index contributed by atoms with van der Waals surface area (Å²) >= 11 is 0. The van der Waals surface area contributed by atoms with Gasteiger partial charge in [-0.25, -0.2) is 4.79 Å². The van der Waals surface area contributed by atoms with E-state index in [0.29, 0.717) is 0 Å². The molecule has 1 atom stereocenters. The van der Waals surface area contributed by atoms with Gasteiger partial charge in [0.05, 0.1) is 13.2 Å². The van der Waals surface area contributed by atoms with Crippen molar-refractivity contribution in [2.24, 2.45) is 0 Å². The van der Waals surface area contributed by atoms with Crippen LogP contribution in [0.3, 0.4) is 0 Å². The number of carbonyl (C=O) groups excluding carboxylic acids is 1. The van der Waals surface area contributed by atoms with Crippen molar-refractivity contribution >= 4 is 5.97 Å². The molecule has 1 fully saturated rings. The van der Waals surface area contributed by atoms with E-state index in [-0.39, 0.29) is 6.04 Å². The molecule has 0 spiro atoms. The number of rotatable bonds is 0. The van der Waals surface area contributed by atoms with E-state index in [9.17, 15) is 4.79 Å². The van der Waals surface area contributed by atoms with E-state index in [1.807, 2.05) is 0 Å². The fourth-order valence-corrected chi connectivity index (χ4v) is 1.00. The summed E-state index contributed by atoms with van der Waals surface area (Å²) in [4.78, 5) is 10.5. The maximum Gasteiger partial charge on any atom is 0.384 e. The van der Waals surface area contributed by atoms with Crippen LogP contribution in [0.2, 0.25) is 0 Å². The van der Waals surface area contributed by atoms with Crippen LogP contribution in [0.25, 0.3) is 0 Å². The maximum absolute atomic E-state index is 10.5. The lowest BCUT2D eigenvalue weighted by molar-refractivity contribution is -0.133. The van der Waals surface area contributed by atoms with Crippen LogP contribution in [-0.2, 0) is 9.53 Å². The van der Waals surface area contributed by atoms with E-state index in [1.54, 1.807) is 0 Å². The monoisotopic (exact) mass is 153 g/mol. The van der Waals surface area contributed by atoms with Crippen molar-refractivity contribution in [1.82, 2.24) is 5.32 Å². The van der Waals surface area contributed by atoms with Crippen molar-refractivity contribution in [3.05, 3.63) is 0 Å². The second kappa shape index (κ2) is 3.99. The Morgan fingerprint density at radius 1 is 1.73 bits per heavy atom. The number of methoxy groups -OCH3 is 1. The minimum Gasteiger partial charge on any atom is -0.459 e. The number of carbonyl (C=O) groups is 1. The van der Waals surface area contributed by atoms with Gasteiger partial charge in [-0.05, 0) is 19.4 Å². The number of esters is 1. The quantitative estimate of drug-likeness (QED) is 0.300. The molecule has 0 radical (unpaired) electrons. The van der Waals surface area contributed by atoms with E-state index in [4.69, 9.17) is 0 Å². The van der Waals surface area contributed by atoms with Gasteiger partial charge in [-0.1, -0.05) is 5.92 Å². The van der Waals surface area contributed by atoms with Crippen molar-refractivity contribution in [1.29, 1.82) is 0 Å². The molecule has 0 aromatic rings. The van der Waals surface area contributed by atoms with Crippen LogP contribution in [0.15, 0.2) is 0 Å². The summed E-state index contributed by atoms with van der Waals surface area (Å²) < 4.78 is 4.37. The first-order valence-electron chi connectivity index (χ1n) is 3.66. The topological polar surface area (TPSA) is 38.3 Å². The highest BCUT2D eigenvalue weighted by atomic mass is 16.5. The molecular formula is C8H11NO2. The third-order valence-corrected chi connectivity index (χ3v) is 1.59. The molecule has 3 heteroatoms. The highest BCUT2D eigenvalue weighted by Gasteiger charge is 2.10. The molecule has 1 rings (SSSR count). The van der Waals surface area contributed by atoms with Gasteiger partial charge in [0, 0.05) is 5.92 Å². The van der Waals surface area contributed by atoms with Crippen molar-refractivity contribution < 1.29 is 9.53 Å². The summed E-state index contributed by atoms with van der Waals surface area (Å²) in [5.41, 5.74) is 0. The Hall–Kier alpha value is -1.01. The predicted molar refractivity (Wildman–Crippen MR) is 40.8 cm³/mol. The largest absolute Gasteiger partial charge is 0.459 e. The van der Waals surface area contributed by atoms with Gasteiger partial charge in [0.15, 0.2) is 0 Å². The summed E-state index contributed by atoms with van der Waals surface area (Å²) in [6, 6.07) is 0.189. The second-order valence-electron chi connectivity index (χ2n) is 2.41. The van der Waals surface area contributed by atoms with Crippen LogP contribution in [0.4, 0.5) is 0 Å². The summed E-state index contributed by atoms with van der Waals surface area (Å²) in [5, 5.41) is 3.15. The SMILES string of the molecule is COC(=O)C#CC1CCCN1. The van der Waals surface area contributed by atoms with E-state index in [2.05, 4.69) is 21.9 Å². The lowest BCUT2D eigenvalue weighted by Gasteiger charge is -1.96. The number of hydrogen-bond donors (Lipinski definition) is 1. The highest BCUT2D eigenvalue weighted by molar-refractivity contribution is 5.88. The number of nitrogens with one attached hydrogen (secondary N) is 1. The van der Waals surface area contributed by atoms with Crippen molar-refractivity contribution in [3.63, 3.8) is 0 Å². The molecule has 3 nitrogen and oxygen atoms in total. The van der Waals surface area contributed by atoms with Gasteiger partial charge in [0.25, 0.3) is 0 Å². The minimum atomic E-state index is -0.460. The zero-order chi connectivity index (χ0) is 8.10. The standard InChI is InChI=1S/C8H11NO2/c1-11-8(10)5-4-7-3-2-6-9-7/h7,9H,2-3,6H2,1H3. The maximum atomic E-state index is 10.5. The van der Waals surface area contributed by atoms with Gasteiger partial charge in [0.2, 0.25) is 0 Å². The third kappa shape index (κ3) is 2.60. The molecule has 1 saturated heterocycles. The smallest absolute Gasteiger partial charge is 0.384 e. The van der Waals surface area contributed by atoms with Crippen molar-refractivity contribution in [3.8, 4) is 11.8 Å². The van der Waals surface area contributed by atoms with Crippen LogP contribution < -0.4 is 5.32 Å². The third-order valence-electron chi connectivity index (χ3n) is 1.59. The van der Waals surface area contributed by atoms with E-state index in [0.717, 1.165) is 19.4 Å². The van der Waals surface area contributed by atoms with Gasteiger partial charge < -0.3 is 10.1 Å². The fraction of sp³-hybridized carbons (Fsp3) is 0.625. The van der Waals surface area contributed by atoms with Gasteiger partial charge >= 0.3 is 5.97 Å². The Morgan fingerprint density at radius 2 is 2.55 bits per heavy atom. The molecule has 1 N–H and O–H groups in total. The molecule has 1 aliphatic heterocycles. The van der Waals surface area contributed by atoms with E-state index in [1.165, 1.54) is 7.11 Å². The normalized spacial score (nSPS) is 22.1. The molecule has 0 saturated carbocycles. The summed E-state index contributed by atoms with van der Waals surface area (Å²) in [7, 11) is 1.33. The van der Waals surface area contributed by atoms with Gasteiger partial charge in [-0.15, -0.1) is 0 Å². The molecule has 11 heavy (non-hydrogen) atoms. The Balaban J connectivity index is 2.36. The van der Waals surface area contributed by atoms with Crippen LogP contribution in [0.5, 0.6) is 0 Å². The lowest BCUT2D eigenvalue weighted by Crippen LogP contribution is -2.19. The minimum absolute atomic E-state index is 0.189. The summed E-state index contributed by atoms with van der Waals surface area (Å²) in [6.45, 7) is 1.00. The second-order valence-corrected chi connectivity index (χ2v) is 2.41. The highest BCUT2D eigenvalue weighted by Crippen LogP contribution is 2.02. The van der Waals surface area contributed by atoms with Crippen molar-refractivity contribution in [2.45, 2.75) is 18.9 Å². The van der Waals surface area contributed by atoms with Crippen LogP contribution in [0, 0.1) is 11.8 Å². The Bertz CT molecular complexity index is 196. The predicted octanol–water partition coefficient (Wildman–Crippen LogP) is -0.0852. The summed E-state index contributed by atoms with van der Waals surface area (Å²) in [5.74, 6) is 4.74. The first kappa shape index (κ1) is 8.09. The molecule has 0 aliphatic carbocycles. The van der Waals surface area contributed by atoms with Crippen LogP contribution >= 0.6 is 0 Å². The van der Waals surface area contributed by atoms with Gasteiger partial charge in [-0.3, -0.25) is 0 Å². The van der Waals surface area contributed by atoms with Gasteiger partial charge in [-0.2, -0.15) is 0 Å². The zero-order valence-corrected chi connectivity index (χ0v) is 6.52. The molecule has 1 heterocycles. The zero-order valence-electron chi connectivity index (χ0n) is 6.52. The molecular weight excluding hydrogens is 142 g/mol. The first-order chi connectivity index (χ1) is 5.33. The molecule has 60 valence electrons. The summed E-state index contributed by atoms with van der Waals surface area (Å²) in [6.07, 6.45) is 2.17. The number of hydrogen-bond acceptors (Lipinski definition) is 3. The lowest BCUT2D eigenvalue weighted by atomic mass is 10.2. The van der Waals surface area contributed by atoms with Crippen LogP contribution in [0.1, 0.15) is 12.8 Å². The molecule has 1 aliphatic rings. The molecule has 0 aromatic carbocycles. The average Bonchev–Trinajstić information content (AvgIpc) is 2.52. The molecule has 0 bridgehead atoms. The Kier molecular flexibility index (Phi) is 2.94. The van der Waals surface area contributed by atoms with E-state index >= 15 is 0 Å².